The number of fused-ring (bicyclic) bond motifs is 1. The van der Waals surface area contributed by atoms with Crippen molar-refractivity contribution in [2.24, 2.45) is 11.8 Å². The Balaban J connectivity index is 1.41. The quantitative estimate of drug-likeness (QED) is 0.236. The molecule has 1 saturated heterocycles. The fourth-order valence-electron chi connectivity index (χ4n) is 5.53. The molecule has 2 aromatic carbocycles. The number of amides is 3. The maximum absolute atomic E-state index is 13.4. The van der Waals surface area contributed by atoms with Gasteiger partial charge in [-0.25, -0.2) is 0 Å². The van der Waals surface area contributed by atoms with Gasteiger partial charge in [0, 0.05) is 32.4 Å². The number of carboxylic acid groups (broad SMARTS) is 1. The highest BCUT2D eigenvalue weighted by molar-refractivity contribution is 5.92. The zero-order valence-electron chi connectivity index (χ0n) is 23.7. The molecule has 3 unspecified atom stereocenters. The Morgan fingerprint density at radius 2 is 1.76 bits per heavy atom. The molecule has 2 aliphatic rings. The molecular weight excluding hydrogens is 524 g/mol. The zero-order chi connectivity index (χ0) is 29.4. The summed E-state index contributed by atoms with van der Waals surface area (Å²) < 4.78 is 6.27. The van der Waals surface area contributed by atoms with Crippen molar-refractivity contribution >= 4 is 23.7 Å². The van der Waals surface area contributed by atoms with Crippen LogP contribution < -0.4 is 26.0 Å². The van der Waals surface area contributed by atoms with E-state index in [1.54, 1.807) is 0 Å². The van der Waals surface area contributed by atoms with Crippen LogP contribution in [0.25, 0.3) is 0 Å². The highest BCUT2D eigenvalue weighted by atomic mass is 16.5. The minimum Gasteiger partial charge on any atom is -0.490 e. The third kappa shape index (κ3) is 8.53. The second-order valence-corrected chi connectivity index (χ2v) is 11.1. The van der Waals surface area contributed by atoms with Crippen molar-refractivity contribution in [2.75, 3.05) is 13.1 Å². The molecule has 1 aliphatic heterocycles. The first-order valence-corrected chi connectivity index (χ1v) is 14.3. The van der Waals surface area contributed by atoms with E-state index < -0.39 is 29.9 Å². The Morgan fingerprint density at radius 1 is 1.00 bits per heavy atom. The van der Waals surface area contributed by atoms with Crippen molar-refractivity contribution < 1.29 is 29.0 Å². The van der Waals surface area contributed by atoms with E-state index in [1.807, 2.05) is 55.5 Å². The van der Waals surface area contributed by atoms with Gasteiger partial charge in [-0.1, -0.05) is 36.4 Å². The van der Waals surface area contributed by atoms with Crippen molar-refractivity contribution in [3.05, 3.63) is 65.2 Å². The molecule has 5 N–H and O–H groups in total. The van der Waals surface area contributed by atoms with Crippen LogP contribution in [0.3, 0.4) is 0 Å². The van der Waals surface area contributed by atoms with Gasteiger partial charge >= 0.3 is 5.97 Å². The standard InChI is InChI=1S/C31H40N4O6/c1-19-8-10-24(41-28-15-23-16-32-18-25(23)28)14-22(19)17-33-30(39)26(11-9-21-6-4-3-5-7-21)35-31(40)27(34-20(2)36)12-13-29(37)38/h3-8,10,14,23,25-28,32H,9,11-13,15-18H2,1-2H3,(H,33,39)(H,34,36)(H,35,40)(H,37,38)/t23?,25?,26-,27-,28?/m0/s1. The number of rotatable bonds is 14. The zero-order valence-corrected chi connectivity index (χ0v) is 23.7. The maximum Gasteiger partial charge on any atom is 0.303 e. The lowest BCUT2D eigenvalue weighted by Gasteiger charge is -2.39. The molecule has 2 fully saturated rings. The number of carboxylic acids is 1. The van der Waals surface area contributed by atoms with E-state index >= 15 is 0 Å². The van der Waals surface area contributed by atoms with E-state index in [0.29, 0.717) is 24.7 Å². The molecule has 1 saturated carbocycles. The van der Waals surface area contributed by atoms with Gasteiger partial charge in [-0.05, 0) is 73.9 Å². The van der Waals surface area contributed by atoms with Crippen LogP contribution in [0.5, 0.6) is 5.75 Å². The first-order chi connectivity index (χ1) is 19.7. The van der Waals surface area contributed by atoms with Crippen molar-refractivity contribution in [2.45, 2.75) is 70.7 Å². The van der Waals surface area contributed by atoms with Gasteiger partial charge in [-0.2, -0.15) is 0 Å². The number of aliphatic carboxylic acids is 1. The molecule has 3 amide bonds. The minimum absolute atomic E-state index is 0.0849. The van der Waals surface area contributed by atoms with Gasteiger partial charge in [0.1, 0.15) is 23.9 Å². The van der Waals surface area contributed by atoms with Gasteiger partial charge in [0.15, 0.2) is 0 Å². The Bertz CT molecular complexity index is 1240. The SMILES string of the molecule is CC(=O)N[C@@H](CCC(=O)O)C(=O)N[C@@H](CCc1ccccc1)C(=O)NCc1cc(OC2CC3CNCC32)ccc1C. The van der Waals surface area contributed by atoms with E-state index in [4.69, 9.17) is 9.84 Å². The molecule has 5 atom stereocenters. The molecule has 2 aromatic rings. The Hall–Kier alpha value is -3.92. The third-order valence-electron chi connectivity index (χ3n) is 8.00. The van der Waals surface area contributed by atoms with E-state index in [1.165, 1.54) is 6.92 Å². The Kier molecular flexibility index (Phi) is 10.3. The summed E-state index contributed by atoms with van der Waals surface area (Å²) in [5.74, 6) is -0.474. The van der Waals surface area contributed by atoms with Gasteiger partial charge in [-0.3, -0.25) is 19.2 Å². The molecule has 0 spiro atoms. The number of carbonyl (C=O) groups excluding carboxylic acids is 3. The van der Waals surface area contributed by atoms with Gasteiger partial charge < -0.3 is 31.1 Å². The van der Waals surface area contributed by atoms with Crippen LogP contribution in [0, 0.1) is 18.8 Å². The fourth-order valence-corrected chi connectivity index (χ4v) is 5.53. The molecule has 0 bridgehead atoms. The summed E-state index contributed by atoms with van der Waals surface area (Å²) in [6, 6.07) is 13.6. The first-order valence-electron chi connectivity index (χ1n) is 14.3. The van der Waals surface area contributed by atoms with Gasteiger partial charge in [0.25, 0.3) is 0 Å². The molecule has 10 heteroatoms. The molecule has 10 nitrogen and oxygen atoms in total. The number of carbonyl (C=O) groups is 4. The van der Waals surface area contributed by atoms with E-state index in [0.717, 1.165) is 42.0 Å². The van der Waals surface area contributed by atoms with Crippen molar-refractivity contribution in [1.29, 1.82) is 0 Å². The number of ether oxygens (including phenoxy) is 1. The Labute approximate surface area is 240 Å². The second kappa shape index (κ2) is 14.1. The van der Waals surface area contributed by atoms with Crippen LogP contribution in [0.15, 0.2) is 48.5 Å². The third-order valence-corrected chi connectivity index (χ3v) is 8.00. The molecule has 220 valence electrons. The van der Waals surface area contributed by atoms with Gasteiger partial charge in [0.2, 0.25) is 17.7 Å². The summed E-state index contributed by atoms with van der Waals surface area (Å²) in [4.78, 5) is 49.2. The van der Waals surface area contributed by atoms with Crippen molar-refractivity contribution in [3.8, 4) is 5.75 Å². The summed E-state index contributed by atoms with van der Waals surface area (Å²) in [7, 11) is 0. The molecule has 1 heterocycles. The Morgan fingerprint density at radius 3 is 2.46 bits per heavy atom. The van der Waals surface area contributed by atoms with Crippen LogP contribution >= 0.6 is 0 Å². The highest BCUT2D eigenvalue weighted by Crippen LogP contribution is 2.40. The topological polar surface area (TPSA) is 146 Å². The number of nitrogens with one attached hydrogen (secondary N) is 4. The smallest absolute Gasteiger partial charge is 0.303 e. The summed E-state index contributed by atoms with van der Waals surface area (Å²) in [6.07, 6.45) is 1.74. The summed E-state index contributed by atoms with van der Waals surface area (Å²) in [5, 5.41) is 20.7. The number of benzene rings is 2. The van der Waals surface area contributed by atoms with Crippen LogP contribution in [-0.2, 0) is 32.1 Å². The second-order valence-electron chi connectivity index (χ2n) is 11.1. The predicted octanol–water partition coefficient (Wildman–Crippen LogP) is 2.09. The first kappa shape index (κ1) is 30.0. The number of aryl methyl sites for hydroxylation is 2. The van der Waals surface area contributed by atoms with Crippen LogP contribution in [0.1, 0.15) is 49.3 Å². The number of hydrogen-bond donors (Lipinski definition) is 5. The normalized spacial score (nSPS) is 20.6. The average molecular weight is 565 g/mol. The molecular formula is C31H40N4O6. The van der Waals surface area contributed by atoms with Crippen LogP contribution in [-0.4, -0.2) is 60.1 Å². The maximum atomic E-state index is 13.4. The van der Waals surface area contributed by atoms with E-state index in [9.17, 15) is 19.2 Å². The van der Waals surface area contributed by atoms with E-state index in [-0.39, 0.29) is 31.4 Å². The molecule has 0 radical (unpaired) electrons. The summed E-state index contributed by atoms with van der Waals surface area (Å²) in [5.41, 5.74) is 2.94. The molecule has 1 aliphatic carbocycles. The van der Waals surface area contributed by atoms with Gasteiger partial charge in [0.05, 0.1) is 0 Å². The fraction of sp³-hybridized carbons (Fsp3) is 0.484. The predicted molar refractivity (Wildman–Crippen MR) is 153 cm³/mol. The lowest BCUT2D eigenvalue weighted by atomic mass is 9.73. The van der Waals surface area contributed by atoms with Crippen molar-refractivity contribution in [3.63, 3.8) is 0 Å². The van der Waals surface area contributed by atoms with Crippen LogP contribution in [0.4, 0.5) is 0 Å². The van der Waals surface area contributed by atoms with Gasteiger partial charge in [-0.15, -0.1) is 0 Å². The lowest BCUT2D eigenvalue weighted by molar-refractivity contribution is -0.138. The van der Waals surface area contributed by atoms with Crippen molar-refractivity contribution in [1.82, 2.24) is 21.3 Å². The molecule has 4 rings (SSSR count). The lowest BCUT2D eigenvalue weighted by Crippen LogP contribution is -2.53. The van der Waals surface area contributed by atoms with Crippen LogP contribution in [0.2, 0.25) is 0 Å². The largest absolute Gasteiger partial charge is 0.490 e. The monoisotopic (exact) mass is 564 g/mol. The average Bonchev–Trinajstić information content (AvgIpc) is 3.32. The molecule has 0 aromatic heterocycles. The molecule has 41 heavy (non-hydrogen) atoms. The summed E-state index contributed by atoms with van der Waals surface area (Å²) >= 11 is 0. The highest BCUT2D eigenvalue weighted by Gasteiger charge is 2.45. The van der Waals surface area contributed by atoms with E-state index in [2.05, 4.69) is 21.3 Å². The number of hydrogen-bond acceptors (Lipinski definition) is 6. The minimum atomic E-state index is -1.08. The summed E-state index contributed by atoms with van der Waals surface area (Å²) in [6.45, 7) is 5.53.